The first kappa shape index (κ1) is 18.6. The van der Waals surface area contributed by atoms with Crippen LogP contribution in [0.5, 0.6) is 11.5 Å². The zero-order valence-electron chi connectivity index (χ0n) is 14.5. The van der Waals surface area contributed by atoms with Gasteiger partial charge in [0, 0.05) is 31.2 Å². The van der Waals surface area contributed by atoms with Crippen molar-refractivity contribution in [2.75, 3.05) is 13.1 Å². The summed E-state index contributed by atoms with van der Waals surface area (Å²) in [5.41, 5.74) is 0.482. The highest BCUT2D eigenvalue weighted by molar-refractivity contribution is 7.97. The highest BCUT2D eigenvalue weighted by atomic mass is 32.2. The van der Waals surface area contributed by atoms with Crippen LogP contribution < -0.4 is 10.1 Å². The lowest BCUT2D eigenvalue weighted by Gasteiger charge is -2.35. The average molecular weight is 375 g/mol. The molecule has 0 radical (unpaired) electrons. The molecule has 1 fully saturated rings. The Morgan fingerprint density at radius 1 is 1.12 bits per heavy atom. The Morgan fingerprint density at radius 3 is 2.54 bits per heavy atom. The Bertz CT molecular complexity index is 830. The third-order valence-electron chi connectivity index (χ3n) is 3.94. The third-order valence-corrected chi connectivity index (χ3v) is 5.01. The zero-order valence-corrected chi connectivity index (χ0v) is 15.3. The number of nitriles is 1. The number of nitrogens with one attached hydrogen (secondary N) is 1. The van der Waals surface area contributed by atoms with Gasteiger partial charge < -0.3 is 10.1 Å². The molecule has 1 N–H and O–H groups in total. The molecule has 0 bridgehead atoms. The molecule has 1 heterocycles. The summed E-state index contributed by atoms with van der Waals surface area (Å²) in [5.74, 6) is -1.01. The van der Waals surface area contributed by atoms with Crippen LogP contribution in [-0.4, -0.2) is 29.5 Å². The van der Waals surface area contributed by atoms with Gasteiger partial charge in [0.25, 0.3) is 0 Å². The molecule has 26 heavy (non-hydrogen) atoms. The summed E-state index contributed by atoms with van der Waals surface area (Å²) in [7, 11) is 0. The van der Waals surface area contributed by atoms with Gasteiger partial charge in [-0.25, -0.2) is 13.1 Å². The predicted molar refractivity (Wildman–Crippen MR) is 97.1 cm³/mol. The minimum Gasteiger partial charge on any atom is -0.453 e. The summed E-state index contributed by atoms with van der Waals surface area (Å²) in [6.45, 7) is 5.85. The average Bonchev–Trinajstić information content (AvgIpc) is 2.58. The second-order valence-electron chi connectivity index (χ2n) is 6.36. The quantitative estimate of drug-likeness (QED) is 0.807. The number of benzene rings is 2. The molecule has 0 amide bonds. The standard InChI is InChI=1S/C19H19F2N3OS/c1-12-10-24(11-13(2)23-12)26-19-7-14(9-22)3-6-17(19)25-18-8-15(20)4-5-16(18)21/h3-8,12-13,23H,10-11H2,1-2H3. The number of nitrogens with zero attached hydrogens (tertiary/aromatic N) is 2. The summed E-state index contributed by atoms with van der Waals surface area (Å²) in [5, 5.41) is 12.6. The van der Waals surface area contributed by atoms with Crippen molar-refractivity contribution in [2.24, 2.45) is 0 Å². The minimum atomic E-state index is -0.642. The molecule has 2 unspecified atom stereocenters. The lowest BCUT2D eigenvalue weighted by Crippen LogP contribution is -2.51. The SMILES string of the molecule is CC1CN(Sc2cc(C#N)ccc2Oc2cc(F)ccc2F)CC(C)N1. The topological polar surface area (TPSA) is 48.3 Å². The van der Waals surface area contributed by atoms with Crippen molar-refractivity contribution < 1.29 is 13.5 Å². The fraction of sp³-hybridized carbons (Fsp3) is 0.316. The molecule has 1 aliphatic heterocycles. The number of piperazine rings is 1. The van der Waals surface area contributed by atoms with Crippen LogP contribution in [0.15, 0.2) is 41.3 Å². The van der Waals surface area contributed by atoms with Crippen LogP contribution in [0, 0.1) is 23.0 Å². The van der Waals surface area contributed by atoms with Gasteiger partial charge in [-0.3, -0.25) is 0 Å². The Kier molecular flexibility index (Phi) is 5.77. The first-order valence-electron chi connectivity index (χ1n) is 8.30. The van der Waals surface area contributed by atoms with E-state index in [0.29, 0.717) is 28.3 Å². The van der Waals surface area contributed by atoms with E-state index < -0.39 is 11.6 Å². The molecular weight excluding hydrogens is 356 g/mol. The Labute approximate surface area is 155 Å². The van der Waals surface area contributed by atoms with Crippen molar-refractivity contribution in [3.8, 4) is 17.6 Å². The number of hydrogen-bond acceptors (Lipinski definition) is 5. The van der Waals surface area contributed by atoms with Crippen LogP contribution in [0.3, 0.4) is 0 Å². The fourth-order valence-corrected chi connectivity index (χ4v) is 4.15. The lowest BCUT2D eigenvalue weighted by molar-refractivity contribution is 0.280. The molecule has 2 aromatic rings. The highest BCUT2D eigenvalue weighted by Crippen LogP contribution is 2.37. The fourth-order valence-electron chi connectivity index (χ4n) is 2.90. The molecule has 0 aliphatic carbocycles. The number of ether oxygens (including phenoxy) is 1. The Hall–Kier alpha value is -2.14. The van der Waals surface area contributed by atoms with Gasteiger partial charge in [-0.05, 0) is 56.1 Å². The van der Waals surface area contributed by atoms with Gasteiger partial charge >= 0.3 is 0 Å². The number of hydrogen-bond donors (Lipinski definition) is 1. The van der Waals surface area contributed by atoms with E-state index in [1.807, 2.05) is 0 Å². The number of rotatable bonds is 4. The minimum absolute atomic E-state index is 0.182. The Balaban J connectivity index is 1.88. The molecule has 3 rings (SSSR count). The maximum atomic E-state index is 13.9. The summed E-state index contributed by atoms with van der Waals surface area (Å²) >= 11 is 1.46. The molecule has 2 atom stereocenters. The first-order valence-corrected chi connectivity index (χ1v) is 9.08. The molecule has 4 nitrogen and oxygen atoms in total. The van der Waals surface area contributed by atoms with Gasteiger partial charge in [-0.1, -0.05) is 0 Å². The van der Waals surface area contributed by atoms with Crippen molar-refractivity contribution in [1.29, 1.82) is 5.26 Å². The molecule has 0 saturated carbocycles. The van der Waals surface area contributed by atoms with Crippen LogP contribution in [0.4, 0.5) is 8.78 Å². The van der Waals surface area contributed by atoms with Gasteiger partial charge in [0.1, 0.15) is 11.6 Å². The van der Waals surface area contributed by atoms with Crippen molar-refractivity contribution in [1.82, 2.24) is 9.62 Å². The molecule has 1 aliphatic rings. The maximum Gasteiger partial charge on any atom is 0.166 e. The van der Waals surface area contributed by atoms with E-state index in [1.54, 1.807) is 18.2 Å². The smallest absolute Gasteiger partial charge is 0.166 e. The number of halogens is 2. The third kappa shape index (κ3) is 4.52. The summed E-state index contributed by atoms with van der Waals surface area (Å²) < 4.78 is 35.1. The molecule has 1 saturated heterocycles. The van der Waals surface area contributed by atoms with E-state index in [-0.39, 0.29) is 5.75 Å². The van der Waals surface area contributed by atoms with Crippen LogP contribution in [0.2, 0.25) is 0 Å². The van der Waals surface area contributed by atoms with Crippen molar-refractivity contribution >= 4 is 11.9 Å². The summed E-state index contributed by atoms with van der Waals surface area (Å²) in [6, 6.07) is 10.8. The van der Waals surface area contributed by atoms with Gasteiger partial charge in [-0.15, -0.1) is 0 Å². The first-order chi connectivity index (χ1) is 12.4. The van der Waals surface area contributed by atoms with Crippen LogP contribution in [-0.2, 0) is 0 Å². The Morgan fingerprint density at radius 2 is 1.85 bits per heavy atom. The highest BCUT2D eigenvalue weighted by Gasteiger charge is 2.23. The van der Waals surface area contributed by atoms with E-state index in [0.717, 1.165) is 31.3 Å². The predicted octanol–water partition coefficient (Wildman–Crippen LogP) is 4.32. The van der Waals surface area contributed by atoms with Gasteiger partial charge in [0.15, 0.2) is 11.6 Å². The van der Waals surface area contributed by atoms with Crippen molar-refractivity contribution in [3.05, 3.63) is 53.6 Å². The monoisotopic (exact) mass is 375 g/mol. The summed E-state index contributed by atoms with van der Waals surface area (Å²) in [4.78, 5) is 0.689. The molecule has 2 aromatic carbocycles. The molecule has 0 aromatic heterocycles. The van der Waals surface area contributed by atoms with Gasteiger partial charge in [-0.2, -0.15) is 5.26 Å². The van der Waals surface area contributed by atoms with Crippen molar-refractivity contribution in [3.63, 3.8) is 0 Å². The van der Waals surface area contributed by atoms with E-state index >= 15 is 0 Å². The van der Waals surface area contributed by atoms with E-state index in [1.165, 1.54) is 11.9 Å². The van der Waals surface area contributed by atoms with Crippen LogP contribution >= 0.6 is 11.9 Å². The van der Waals surface area contributed by atoms with E-state index in [9.17, 15) is 14.0 Å². The van der Waals surface area contributed by atoms with E-state index in [4.69, 9.17) is 4.74 Å². The molecule has 0 spiro atoms. The van der Waals surface area contributed by atoms with Gasteiger partial charge in [0.05, 0.1) is 16.5 Å². The van der Waals surface area contributed by atoms with E-state index in [2.05, 4.69) is 29.5 Å². The maximum absolute atomic E-state index is 13.9. The van der Waals surface area contributed by atoms with Crippen LogP contribution in [0.1, 0.15) is 19.4 Å². The van der Waals surface area contributed by atoms with Crippen LogP contribution in [0.25, 0.3) is 0 Å². The largest absolute Gasteiger partial charge is 0.453 e. The van der Waals surface area contributed by atoms with Crippen molar-refractivity contribution in [2.45, 2.75) is 30.8 Å². The molecular formula is C19H19F2N3OS. The summed E-state index contributed by atoms with van der Waals surface area (Å²) in [6.07, 6.45) is 0. The second-order valence-corrected chi connectivity index (χ2v) is 7.50. The molecule has 7 heteroatoms. The molecule has 136 valence electrons. The lowest BCUT2D eigenvalue weighted by atomic mass is 10.2. The zero-order chi connectivity index (χ0) is 18.7. The van der Waals surface area contributed by atoms with Gasteiger partial charge in [0.2, 0.25) is 0 Å². The second kappa shape index (κ2) is 8.04. The normalized spacial score (nSPS) is 20.6.